The van der Waals surface area contributed by atoms with Gasteiger partial charge in [0.05, 0.1) is 0 Å². The number of carboxylic acid groups (broad SMARTS) is 1. The van der Waals surface area contributed by atoms with Gasteiger partial charge in [0.15, 0.2) is 0 Å². The molecule has 0 spiro atoms. The largest absolute Gasteiger partial charge is 0.479 e. The summed E-state index contributed by atoms with van der Waals surface area (Å²) in [5.74, 6) is -1.01. The second-order valence-electron chi connectivity index (χ2n) is 5.14. The molecule has 2 aliphatic heterocycles. The maximum Gasteiger partial charge on any atom is 0.329 e. The summed E-state index contributed by atoms with van der Waals surface area (Å²) in [6, 6.07) is 0. The minimum atomic E-state index is -1.00. The first-order chi connectivity index (χ1) is 8.62. The Morgan fingerprint density at radius 3 is 2.72 bits per heavy atom. The number of carboxylic acids is 1. The summed E-state index contributed by atoms with van der Waals surface area (Å²) in [7, 11) is 0. The van der Waals surface area contributed by atoms with Gasteiger partial charge in [-0.05, 0) is 38.5 Å². The van der Waals surface area contributed by atoms with Crippen LogP contribution in [0.1, 0.15) is 45.4 Å². The molecule has 0 radical (unpaired) electrons. The number of aliphatic carboxylic acids is 1. The van der Waals surface area contributed by atoms with Crippen LogP contribution in [0.4, 0.5) is 0 Å². The Labute approximate surface area is 107 Å². The van der Waals surface area contributed by atoms with Gasteiger partial charge in [0, 0.05) is 13.2 Å². The van der Waals surface area contributed by atoms with E-state index in [0.717, 1.165) is 25.7 Å². The molecule has 0 aliphatic carbocycles. The number of carbonyl (C=O) groups excluding carboxylic acids is 1. The van der Waals surface area contributed by atoms with Gasteiger partial charge < -0.3 is 14.7 Å². The molecular formula is C13H21NO4. The summed E-state index contributed by atoms with van der Waals surface area (Å²) in [5.41, 5.74) is -1.00. The van der Waals surface area contributed by atoms with Crippen LogP contribution in [-0.2, 0) is 14.3 Å². The van der Waals surface area contributed by atoms with Gasteiger partial charge in [-0.1, -0.05) is 6.92 Å². The highest BCUT2D eigenvalue weighted by Gasteiger charge is 2.49. The topological polar surface area (TPSA) is 66.8 Å². The molecule has 5 heteroatoms. The zero-order chi connectivity index (χ0) is 13.2. The van der Waals surface area contributed by atoms with Crippen molar-refractivity contribution in [3.8, 4) is 0 Å². The number of carbonyl (C=O) groups is 2. The highest BCUT2D eigenvalue weighted by atomic mass is 16.5. The lowest BCUT2D eigenvalue weighted by Crippen LogP contribution is -2.56. The quantitative estimate of drug-likeness (QED) is 0.828. The van der Waals surface area contributed by atoms with Gasteiger partial charge in [-0.15, -0.1) is 0 Å². The molecule has 1 amide bonds. The second-order valence-corrected chi connectivity index (χ2v) is 5.14. The molecule has 0 aromatic heterocycles. The average Bonchev–Trinajstić information content (AvgIpc) is 2.84. The predicted octanol–water partition coefficient (Wildman–Crippen LogP) is 1.41. The minimum absolute atomic E-state index is 0.128. The van der Waals surface area contributed by atoms with Crippen LogP contribution in [0.3, 0.4) is 0 Å². The van der Waals surface area contributed by atoms with Crippen molar-refractivity contribution >= 4 is 11.9 Å². The van der Waals surface area contributed by atoms with Gasteiger partial charge in [-0.2, -0.15) is 0 Å². The molecule has 2 rings (SSSR count). The van der Waals surface area contributed by atoms with E-state index < -0.39 is 17.6 Å². The first kappa shape index (κ1) is 13.3. The molecule has 0 aromatic rings. The van der Waals surface area contributed by atoms with Crippen molar-refractivity contribution in [1.82, 2.24) is 4.90 Å². The van der Waals surface area contributed by atoms with Gasteiger partial charge in [-0.25, -0.2) is 4.79 Å². The summed E-state index contributed by atoms with van der Waals surface area (Å²) in [6.45, 7) is 2.98. The number of rotatable bonds is 3. The van der Waals surface area contributed by atoms with Crippen molar-refractivity contribution in [3.05, 3.63) is 0 Å². The summed E-state index contributed by atoms with van der Waals surface area (Å²) >= 11 is 0. The standard InChI is InChI=1S/C13H21NO4/c1-2-13(12(16)17)7-5-8-14(13)11(15)10-6-3-4-9-18-10/h10H,2-9H2,1H3,(H,16,17). The smallest absolute Gasteiger partial charge is 0.329 e. The lowest BCUT2D eigenvalue weighted by Gasteiger charge is -2.36. The summed E-state index contributed by atoms with van der Waals surface area (Å²) in [6.07, 6.45) is 4.03. The second kappa shape index (κ2) is 5.26. The Morgan fingerprint density at radius 2 is 2.17 bits per heavy atom. The molecule has 2 atom stereocenters. The third kappa shape index (κ3) is 2.11. The number of hydrogen-bond donors (Lipinski definition) is 1. The summed E-state index contributed by atoms with van der Waals surface area (Å²) in [5, 5.41) is 9.45. The van der Waals surface area contributed by atoms with Gasteiger partial charge in [0.25, 0.3) is 5.91 Å². The zero-order valence-corrected chi connectivity index (χ0v) is 10.9. The van der Waals surface area contributed by atoms with Crippen LogP contribution >= 0.6 is 0 Å². The van der Waals surface area contributed by atoms with Gasteiger partial charge in [0.2, 0.25) is 0 Å². The number of nitrogens with zero attached hydrogens (tertiary/aromatic N) is 1. The van der Waals surface area contributed by atoms with Crippen LogP contribution in [0.15, 0.2) is 0 Å². The van der Waals surface area contributed by atoms with Crippen molar-refractivity contribution in [3.63, 3.8) is 0 Å². The van der Waals surface area contributed by atoms with E-state index in [0.29, 0.717) is 26.0 Å². The van der Waals surface area contributed by atoms with Crippen molar-refractivity contribution in [2.75, 3.05) is 13.2 Å². The van der Waals surface area contributed by atoms with Gasteiger partial charge >= 0.3 is 5.97 Å². The molecule has 2 unspecified atom stereocenters. The Bertz CT molecular complexity index is 338. The molecule has 18 heavy (non-hydrogen) atoms. The first-order valence-corrected chi connectivity index (χ1v) is 6.78. The zero-order valence-electron chi connectivity index (χ0n) is 10.9. The normalized spacial score (nSPS) is 32.5. The molecule has 0 aromatic carbocycles. The maximum atomic E-state index is 12.4. The molecule has 2 aliphatic rings. The van der Waals surface area contributed by atoms with E-state index >= 15 is 0 Å². The third-order valence-electron chi connectivity index (χ3n) is 4.19. The molecule has 0 bridgehead atoms. The van der Waals surface area contributed by atoms with Crippen molar-refractivity contribution in [2.45, 2.75) is 57.1 Å². The van der Waals surface area contributed by atoms with Crippen LogP contribution in [-0.4, -0.2) is 46.7 Å². The molecule has 5 nitrogen and oxygen atoms in total. The van der Waals surface area contributed by atoms with Crippen LogP contribution in [0.25, 0.3) is 0 Å². The average molecular weight is 255 g/mol. The summed E-state index contributed by atoms with van der Waals surface area (Å²) < 4.78 is 5.49. The molecule has 1 N–H and O–H groups in total. The molecule has 102 valence electrons. The van der Waals surface area contributed by atoms with E-state index in [1.165, 1.54) is 0 Å². The van der Waals surface area contributed by atoms with Crippen molar-refractivity contribution < 1.29 is 19.4 Å². The monoisotopic (exact) mass is 255 g/mol. The van der Waals surface area contributed by atoms with E-state index in [2.05, 4.69) is 0 Å². The van der Waals surface area contributed by atoms with E-state index in [1.807, 2.05) is 6.92 Å². The van der Waals surface area contributed by atoms with Crippen LogP contribution in [0.2, 0.25) is 0 Å². The lowest BCUT2D eigenvalue weighted by molar-refractivity contribution is -0.163. The number of likely N-dealkylation sites (tertiary alicyclic amines) is 1. The van der Waals surface area contributed by atoms with Crippen molar-refractivity contribution in [2.24, 2.45) is 0 Å². The maximum absolute atomic E-state index is 12.4. The minimum Gasteiger partial charge on any atom is -0.479 e. The molecule has 2 saturated heterocycles. The number of ether oxygens (including phenoxy) is 1. The van der Waals surface area contributed by atoms with Gasteiger partial charge in [0.1, 0.15) is 11.6 Å². The lowest BCUT2D eigenvalue weighted by atomic mass is 9.92. The van der Waals surface area contributed by atoms with E-state index in [9.17, 15) is 14.7 Å². The highest BCUT2D eigenvalue weighted by molar-refractivity contribution is 5.89. The first-order valence-electron chi connectivity index (χ1n) is 6.78. The number of amides is 1. The van der Waals surface area contributed by atoms with E-state index in [-0.39, 0.29) is 5.91 Å². The fourth-order valence-electron chi connectivity index (χ4n) is 3.05. The molecule has 0 saturated carbocycles. The van der Waals surface area contributed by atoms with E-state index in [4.69, 9.17) is 4.74 Å². The Kier molecular flexibility index (Phi) is 3.90. The van der Waals surface area contributed by atoms with Crippen molar-refractivity contribution in [1.29, 1.82) is 0 Å². The van der Waals surface area contributed by atoms with Gasteiger partial charge in [-0.3, -0.25) is 4.79 Å². The predicted molar refractivity (Wildman–Crippen MR) is 65.2 cm³/mol. The SMILES string of the molecule is CCC1(C(=O)O)CCCN1C(=O)C1CCCCO1. The van der Waals surface area contributed by atoms with Crippen LogP contribution in [0.5, 0.6) is 0 Å². The molecular weight excluding hydrogens is 234 g/mol. The van der Waals surface area contributed by atoms with Crippen LogP contribution < -0.4 is 0 Å². The third-order valence-corrected chi connectivity index (χ3v) is 4.19. The van der Waals surface area contributed by atoms with E-state index in [1.54, 1.807) is 4.90 Å². The molecule has 2 fully saturated rings. The fraction of sp³-hybridized carbons (Fsp3) is 0.846. The van der Waals surface area contributed by atoms with Crippen LogP contribution in [0, 0.1) is 0 Å². The summed E-state index contributed by atoms with van der Waals surface area (Å²) in [4.78, 5) is 25.5. The Morgan fingerprint density at radius 1 is 1.39 bits per heavy atom. The fourth-order valence-corrected chi connectivity index (χ4v) is 3.05. The Balaban J connectivity index is 2.15. The highest BCUT2D eigenvalue weighted by Crippen LogP contribution is 2.34. The Hall–Kier alpha value is -1.10. The number of hydrogen-bond acceptors (Lipinski definition) is 3. The molecule has 2 heterocycles.